The lowest BCUT2D eigenvalue weighted by Crippen LogP contribution is -2.29. The van der Waals surface area contributed by atoms with E-state index in [1.54, 1.807) is 38.5 Å². The van der Waals surface area contributed by atoms with E-state index in [-0.39, 0.29) is 18.0 Å². The number of benzene rings is 1. The number of aromatic nitrogens is 3. The maximum Gasteiger partial charge on any atom is 0.267 e. The van der Waals surface area contributed by atoms with E-state index in [9.17, 15) is 9.59 Å². The Morgan fingerprint density at radius 1 is 1.14 bits per heavy atom. The summed E-state index contributed by atoms with van der Waals surface area (Å²) in [6.45, 7) is 3.60. The molecule has 2 aromatic heterocycles. The number of anilines is 1. The molecule has 0 fully saturated rings. The quantitative estimate of drug-likeness (QED) is 0.683. The van der Waals surface area contributed by atoms with E-state index in [1.807, 2.05) is 13.8 Å². The number of ether oxygens (including phenoxy) is 2. The number of thiazole rings is 1. The molecule has 0 atom stereocenters. The fourth-order valence-electron chi connectivity index (χ4n) is 2.53. The fourth-order valence-corrected chi connectivity index (χ4v) is 3.36. The molecule has 0 aliphatic carbocycles. The van der Waals surface area contributed by atoms with Gasteiger partial charge in [-0.3, -0.25) is 9.59 Å². The second-order valence-electron chi connectivity index (χ2n) is 5.99. The van der Waals surface area contributed by atoms with E-state index in [4.69, 9.17) is 9.47 Å². The van der Waals surface area contributed by atoms with Crippen molar-refractivity contribution in [3.05, 3.63) is 51.3 Å². The zero-order valence-electron chi connectivity index (χ0n) is 16.0. The second-order valence-corrected chi connectivity index (χ2v) is 7.20. The molecule has 1 N–H and O–H groups in total. The standard InChI is InChI=1S/C19H20N4O4S/c1-11-12(2)28-19(20-11)21-17(24)10-23-18(25)8-6-14(22-23)13-5-7-15(26-3)16(9-13)27-4/h5-9H,10H2,1-4H3,(H,20,21,24). The van der Waals surface area contributed by atoms with E-state index >= 15 is 0 Å². The molecule has 28 heavy (non-hydrogen) atoms. The number of carbonyl (C=O) groups is 1. The summed E-state index contributed by atoms with van der Waals surface area (Å²) in [6, 6.07) is 8.30. The van der Waals surface area contributed by atoms with Crippen LogP contribution in [0, 0.1) is 13.8 Å². The molecule has 1 aromatic carbocycles. The van der Waals surface area contributed by atoms with E-state index in [0.29, 0.717) is 22.3 Å². The van der Waals surface area contributed by atoms with Gasteiger partial charge in [-0.2, -0.15) is 5.10 Å². The van der Waals surface area contributed by atoms with Gasteiger partial charge in [0.1, 0.15) is 6.54 Å². The van der Waals surface area contributed by atoms with Crippen LogP contribution in [0.25, 0.3) is 11.3 Å². The Hall–Kier alpha value is -3.20. The maximum absolute atomic E-state index is 12.3. The van der Waals surface area contributed by atoms with Crippen LogP contribution in [0.2, 0.25) is 0 Å². The van der Waals surface area contributed by atoms with Crippen LogP contribution in [-0.2, 0) is 11.3 Å². The first kappa shape index (κ1) is 19.6. The van der Waals surface area contributed by atoms with Gasteiger partial charge in [0.2, 0.25) is 5.91 Å². The third kappa shape index (κ3) is 4.20. The van der Waals surface area contributed by atoms with Crippen LogP contribution in [0.5, 0.6) is 11.5 Å². The zero-order chi connectivity index (χ0) is 20.3. The summed E-state index contributed by atoms with van der Waals surface area (Å²) in [6.07, 6.45) is 0. The molecular formula is C19H20N4O4S. The molecular weight excluding hydrogens is 380 g/mol. The van der Waals surface area contributed by atoms with Crippen molar-refractivity contribution in [2.75, 3.05) is 19.5 Å². The molecule has 3 rings (SSSR count). The molecule has 146 valence electrons. The van der Waals surface area contributed by atoms with Gasteiger partial charge in [0, 0.05) is 16.5 Å². The van der Waals surface area contributed by atoms with Crippen molar-refractivity contribution in [1.29, 1.82) is 0 Å². The van der Waals surface area contributed by atoms with Crippen LogP contribution in [0.4, 0.5) is 5.13 Å². The van der Waals surface area contributed by atoms with Crippen LogP contribution in [-0.4, -0.2) is 34.9 Å². The first-order valence-corrected chi connectivity index (χ1v) is 9.27. The lowest BCUT2D eigenvalue weighted by atomic mass is 10.1. The number of aryl methyl sites for hydroxylation is 2. The number of methoxy groups -OCH3 is 2. The average molecular weight is 400 g/mol. The average Bonchev–Trinajstić information content (AvgIpc) is 2.99. The fraction of sp³-hybridized carbons (Fsp3) is 0.263. The van der Waals surface area contributed by atoms with Crippen molar-refractivity contribution >= 4 is 22.4 Å². The Morgan fingerprint density at radius 3 is 2.54 bits per heavy atom. The van der Waals surface area contributed by atoms with Gasteiger partial charge in [-0.15, -0.1) is 11.3 Å². The Labute approximate surface area is 165 Å². The number of rotatable bonds is 6. The summed E-state index contributed by atoms with van der Waals surface area (Å²) in [4.78, 5) is 29.7. The third-order valence-corrected chi connectivity index (χ3v) is 5.10. The van der Waals surface area contributed by atoms with E-state index in [1.165, 1.54) is 17.4 Å². The largest absolute Gasteiger partial charge is 0.493 e. The molecule has 8 nitrogen and oxygen atoms in total. The summed E-state index contributed by atoms with van der Waals surface area (Å²) < 4.78 is 11.7. The van der Waals surface area contributed by atoms with Crippen molar-refractivity contribution < 1.29 is 14.3 Å². The molecule has 0 radical (unpaired) electrons. The van der Waals surface area contributed by atoms with Gasteiger partial charge in [0.25, 0.3) is 5.56 Å². The predicted molar refractivity (Wildman–Crippen MR) is 107 cm³/mol. The minimum Gasteiger partial charge on any atom is -0.493 e. The highest BCUT2D eigenvalue weighted by Crippen LogP contribution is 2.31. The molecule has 0 aliphatic heterocycles. The molecule has 9 heteroatoms. The van der Waals surface area contributed by atoms with Gasteiger partial charge in [0.15, 0.2) is 16.6 Å². The number of hydrogen-bond donors (Lipinski definition) is 1. The summed E-state index contributed by atoms with van der Waals surface area (Å²) in [7, 11) is 3.10. The summed E-state index contributed by atoms with van der Waals surface area (Å²) in [5.74, 6) is 0.771. The molecule has 1 amide bonds. The maximum atomic E-state index is 12.3. The minimum atomic E-state index is -0.370. The van der Waals surface area contributed by atoms with Gasteiger partial charge in [-0.25, -0.2) is 9.67 Å². The molecule has 0 saturated carbocycles. The Bertz CT molecular complexity index is 1050. The van der Waals surface area contributed by atoms with Gasteiger partial charge < -0.3 is 14.8 Å². The van der Waals surface area contributed by atoms with Gasteiger partial charge in [-0.1, -0.05) is 0 Å². The molecule has 3 aromatic rings. The topological polar surface area (TPSA) is 95.3 Å². The summed E-state index contributed by atoms with van der Waals surface area (Å²) >= 11 is 1.39. The molecule has 0 saturated heterocycles. The van der Waals surface area contributed by atoms with Crippen molar-refractivity contribution in [1.82, 2.24) is 14.8 Å². The Balaban J connectivity index is 1.83. The number of carbonyl (C=O) groups excluding carboxylic acids is 1. The van der Waals surface area contributed by atoms with E-state index in [0.717, 1.165) is 20.8 Å². The van der Waals surface area contributed by atoms with Crippen LogP contribution in [0.3, 0.4) is 0 Å². The highest BCUT2D eigenvalue weighted by atomic mass is 32.1. The monoisotopic (exact) mass is 400 g/mol. The normalized spacial score (nSPS) is 10.6. The zero-order valence-corrected chi connectivity index (χ0v) is 16.8. The van der Waals surface area contributed by atoms with Crippen molar-refractivity contribution in [2.24, 2.45) is 0 Å². The number of amides is 1. The Kier molecular flexibility index (Phi) is 5.74. The van der Waals surface area contributed by atoms with Crippen LogP contribution in [0.15, 0.2) is 35.1 Å². The number of hydrogen-bond acceptors (Lipinski definition) is 7. The molecule has 2 heterocycles. The number of nitrogens with one attached hydrogen (secondary N) is 1. The Morgan fingerprint density at radius 2 is 1.89 bits per heavy atom. The highest BCUT2D eigenvalue weighted by Gasteiger charge is 2.12. The minimum absolute atomic E-state index is 0.211. The lowest BCUT2D eigenvalue weighted by molar-refractivity contribution is -0.117. The van der Waals surface area contributed by atoms with Crippen LogP contribution < -0.4 is 20.3 Å². The van der Waals surface area contributed by atoms with E-state index < -0.39 is 0 Å². The first-order valence-electron chi connectivity index (χ1n) is 8.45. The second kappa shape index (κ2) is 8.22. The lowest BCUT2D eigenvalue weighted by Gasteiger charge is -2.10. The SMILES string of the molecule is COc1ccc(-c2ccc(=O)n(CC(=O)Nc3nc(C)c(C)s3)n2)cc1OC. The third-order valence-electron chi connectivity index (χ3n) is 4.11. The first-order chi connectivity index (χ1) is 13.4. The molecule has 0 unspecified atom stereocenters. The summed E-state index contributed by atoms with van der Waals surface area (Å²) in [5.41, 5.74) is 1.77. The smallest absolute Gasteiger partial charge is 0.267 e. The van der Waals surface area contributed by atoms with Gasteiger partial charge >= 0.3 is 0 Å². The van der Waals surface area contributed by atoms with E-state index in [2.05, 4.69) is 15.4 Å². The number of nitrogens with zero attached hydrogens (tertiary/aromatic N) is 3. The molecule has 0 aliphatic rings. The van der Waals surface area contributed by atoms with Crippen molar-refractivity contribution in [3.63, 3.8) is 0 Å². The predicted octanol–water partition coefficient (Wildman–Crippen LogP) is 2.64. The van der Waals surface area contributed by atoms with Gasteiger partial charge in [-0.05, 0) is 38.1 Å². The van der Waals surface area contributed by atoms with Crippen LogP contribution >= 0.6 is 11.3 Å². The van der Waals surface area contributed by atoms with Gasteiger partial charge in [0.05, 0.1) is 25.6 Å². The molecule has 0 spiro atoms. The molecule has 0 bridgehead atoms. The van der Waals surface area contributed by atoms with Crippen molar-refractivity contribution in [3.8, 4) is 22.8 Å². The summed E-state index contributed by atoms with van der Waals surface area (Å²) in [5, 5.41) is 7.52. The van der Waals surface area contributed by atoms with Crippen LogP contribution in [0.1, 0.15) is 10.6 Å². The van der Waals surface area contributed by atoms with Crippen molar-refractivity contribution in [2.45, 2.75) is 20.4 Å². The highest BCUT2D eigenvalue weighted by molar-refractivity contribution is 7.15.